The van der Waals surface area contributed by atoms with Gasteiger partial charge in [0.2, 0.25) is 0 Å². The lowest BCUT2D eigenvalue weighted by molar-refractivity contribution is -0.167. The van der Waals surface area contributed by atoms with E-state index in [-0.39, 0.29) is 31.1 Å². The Labute approximate surface area is 466 Å². The third-order valence-electron chi connectivity index (χ3n) is 14.5. The van der Waals surface area contributed by atoms with E-state index in [0.717, 1.165) is 83.5 Å². The van der Waals surface area contributed by atoms with Gasteiger partial charge < -0.3 is 14.2 Å². The summed E-state index contributed by atoms with van der Waals surface area (Å²) < 4.78 is 16.9. The van der Waals surface area contributed by atoms with Crippen molar-refractivity contribution in [2.24, 2.45) is 0 Å². The molecular weight excluding hydrogens is 925 g/mol. The van der Waals surface area contributed by atoms with Crippen LogP contribution in [-0.4, -0.2) is 37.2 Å². The number of esters is 3. The fourth-order valence-corrected chi connectivity index (χ4v) is 9.54. The second-order valence-electron chi connectivity index (χ2n) is 22.0. The number of hydrogen-bond donors (Lipinski definition) is 0. The smallest absolute Gasteiger partial charge is 0.306 e. The van der Waals surface area contributed by atoms with Gasteiger partial charge in [-0.3, -0.25) is 14.4 Å². The molecule has 0 aliphatic rings. The molecule has 75 heavy (non-hydrogen) atoms. The van der Waals surface area contributed by atoms with Crippen LogP contribution in [0.3, 0.4) is 0 Å². The van der Waals surface area contributed by atoms with Gasteiger partial charge in [0, 0.05) is 19.3 Å². The van der Waals surface area contributed by atoms with Gasteiger partial charge in [0.25, 0.3) is 0 Å². The van der Waals surface area contributed by atoms with E-state index in [1.54, 1.807) is 0 Å². The Kier molecular flexibility index (Phi) is 61.2. The highest BCUT2D eigenvalue weighted by Crippen LogP contribution is 2.17. The number of carbonyl (C=O) groups is 3. The fraction of sp³-hybridized carbons (Fsp3) is 0.812. The molecule has 0 amide bonds. The Bertz CT molecular complexity index is 1340. The molecule has 436 valence electrons. The molecule has 0 aromatic carbocycles. The summed E-state index contributed by atoms with van der Waals surface area (Å²) in [5, 5.41) is 0. The predicted molar refractivity (Wildman–Crippen MR) is 325 cm³/mol. The summed E-state index contributed by atoms with van der Waals surface area (Å²) in [6.07, 6.45) is 81.1. The minimum Gasteiger partial charge on any atom is -0.462 e. The van der Waals surface area contributed by atoms with Crippen LogP contribution in [0.5, 0.6) is 0 Å². The number of allylic oxidation sites excluding steroid dienone is 10. The van der Waals surface area contributed by atoms with Crippen LogP contribution in [0.25, 0.3) is 0 Å². The van der Waals surface area contributed by atoms with Gasteiger partial charge >= 0.3 is 17.9 Å². The van der Waals surface area contributed by atoms with Gasteiger partial charge in [-0.1, -0.05) is 293 Å². The maximum atomic E-state index is 12.9. The Morgan fingerprint density at radius 3 is 0.760 bits per heavy atom. The van der Waals surface area contributed by atoms with E-state index in [9.17, 15) is 14.4 Å². The first-order chi connectivity index (χ1) is 37.0. The minimum atomic E-state index is -0.775. The third kappa shape index (κ3) is 61.8. The van der Waals surface area contributed by atoms with Crippen molar-refractivity contribution < 1.29 is 28.6 Å². The Morgan fingerprint density at radius 1 is 0.267 bits per heavy atom. The topological polar surface area (TPSA) is 78.9 Å². The quantitative estimate of drug-likeness (QED) is 0.0261. The lowest BCUT2D eigenvalue weighted by Gasteiger charge is -2.18. The number of rotatable bonds is 60. The van der Waals surface area contributed by atoms with Gasteiger partial charge in [0.05, 0.1) is 0 Å². The van der Waals surface area contributed by atoms with Crippen molar-refractivity contribution in [3.8, 4) is 0 Å². The summed E-state index contributed by atoms with van der Waals surface area (Å²) in [7, 11) is 0. The Morgan fingerprint density at radius 2 is 0.480 bits per heavy atom. The average Bonchev–Trinajstić information content (AvgIpc) is 3.41. The van der Waals surface area contributed by atoms with Crippen LogP contribution in [0.15, 0.2) is 60.8 Å². The van der Waals surface area contributed by atoms with Gasteiger partial charge in [-0.05, 0) is 89.9 Å². The van der Waals surface area contributed by atoms with E-state index in [2.05, 4.69) is 81.5 Å². The Balaban J connectivity index is 4.08. The first kappa shape index (κ1) is 72.1. The predicted octanol–water partition coefficient (Wildman–Crippen LogP) is 22.3. The molecule has 0 rings (SSSR count). The zero-order valence-corrected chi connectivity index (χ0v) is 50.1. The second-order valence-corrected chi connectivity index (χ2v) is 22.0. The van der Waals surface area contributed by atoms with Crippen molar-refractivity contribution in [2.75, 3.05) is 13.2 Å². The molecule has 1 unspecified atom stereocenters. The molecule has 1 atom stereocenters. The van der Waals surface area contributed by atoms with Crippen LogP contribution < -0.4 is 0 Å². The second kappa shape index (κ2) is 63.6. The number of ether oxygens (including phenoxy) is 3. The normalized spacial score (nSPS) is 12.4. The molecule has 0 fully saturated rings. The average molecular weight is 1050 g/mol. The highest BCUT2D eigenvalue weighted by molar-refractivity contribution is 5.71. The van der Waals surface area contributed by atoms with Crippen molar-refractivity contribution in [1.29, 1.82) is 0 Å². The fourth-order valence-electron chi connectivity index (χ4n) is 9.54. The van der Waals surface area contributed by atoms with Crippen LogP contribution in [-0.2, 0) is 28.6 Å². The highest BCUT2D eigenvalue weighted by atomic mass is 16.6. The van der Waals surface area contributed by atoms with Gasteiger partial charge in [-0.2, -0.15) is 0 Å². The van der Waals surface area contributed by atoms with Crippen LogP contribution in [0.2, 0.25) is 0 Å². The number of hydrogen-bond acceptors (Lipinski definition) is 6. The summed E-state index contributed by atoms with van der Waals surface area (Å²) in [6, 6.07) is 0. The zero-order valence-electron chi connectivity index (χ0n) is 50.1. The van der Waals surface area contributed by atoms with E-state index in [0.29, 0.717) is 19.3 Å². The molecule has 0 N–H and O–H groups in total. The van der Waals surface area contributed by atoms with Crippen molar-refractivity contribution in [3.05, 3.63) is 60.8 Å². The molecule has 0 aliphatic carbocycles. The maximum Gasteiger partial charge on any atom is 0.306 e. The number of carbonyl (C=O) groups excluding carboxylic acids is 3. The first-order valence-corrected chi connectivity index (χ1v) is 32.8. The SMILES string of the molecule is CCCCCC/C=C\C/C=C\CCCCCCCCCC(=O)OC(COC(=O)CCCCCCCCCC)COC(=O)CCCCCCCCCCCCCCCCCC/C=C\C/C=C\C/C=C\CCCCCCC. The van der Waals surface area contributed by atoms with Crippen molar-refractivity contribution >= 4 is 17.9 Å². The summed E-state index contributed by atoms with van der Waals surface area (Å²) >= 11 is 0. The lowest BCUT2D eigenvalue weighted by atomic mass is 10.0. The van der Waals surface area contributed by atoms with E-state index < -0.39 is 6.10 Å². The Hall–Kier alpha value is -2.89. The molecule has 0 heterocycles. The van der Waals surface area contributed by atoms with Crippen molar-refractivity contribution in [3.63, 3.8) is 0 Å². The van der Waals surface area contributed by atoms with Gasteiger partial charge in [0.15, 0.2) is 6.10 Å². The van der Waals surface area contributed by atoms with Crippen LogP contribution in [0.4, 0.5) is 0 Å². The van der Waals surface area contributed by atoms with Crippen molar-refractivity contribution in [1.82, 2.24) is 0 Å². The first-order valence-electron chi connectivity index (χ1n) is 32.8. The molecule has 0 saturated carbocycles. The van der Waals surface area contributed by atoms with Crippen LogP contribution >= 0.6 is 0 Å². The molecule has 0 aromatic heterocycles. The molecule has 0 bridgehead atoms. The molecule has 0 aromatic rings. The molecule has 0 spiro atoms. The zero-order chi connectivity index (χ0) is 54.3. The molecule has 0 aliphatic heterocycles. The monoisotopic (exact) mass is 1050 g/mol. The standard InChI is InChI=1S/C69H124O6/c1-4-7-10-13-16-19-21-23-25-27-29-30-31-32-33-34-35-36-37-38-39-40-41-43-44-46-48-50-53-56-59-62-68(71)74-65-66(64-73-67(70)61-58-55-52-18-15-12-9-6-3)75-69(72)63-60-57-54-51-49-47-45-42-28-26-24-22-20-17-14-11-8-5-2/h20-23,26-29,31-32,66H,4-19,24-25,30,33-65H2,1-3H3/b22-20-,23-21-,28-26-,29-27-,32-31-. The summed E-state index contributed by atoms with van der Waals surface area (Å²) in [4.78, 5) is 38.1. The van der Waals surface area contributed by atoms with E-state index >= 15 is 0 Å². The molecule has 6 nitrogen and oxygen atoms in total. The van der Waals surface area contributed by atoms with Gasteiger partial charge in [0.1, 0.15) is 13.2 Å². The van der Waals surface area contributed by atoms with Crippen molar-refractivity contribution in [2.45, 2.75) is 348 Å². The van der Waals surface area contributed by atoms with E-state index in [1.807, 2.05) is 0 Å². The van der Waals surface area contributed by atoms with Crippen LogP contribution in [0, 0.1) is 0 Å². The highest BCUT2D eigenvalue weighted by Gasteiger charge is 2.19. The lowest BCUT2D eigenvalue weighted by Crippen LogP contribution is -2.30. The van der Waals surface area contributed by atoms with Gasteiger partial charge in [-0.15, -0.1) is 0 Å². The maximum absolute atomic E-state index is 12.9. The van der Waals surface area contributed by atoms with E-state index in [4.69, 9.17) is 14.2 Å². The van der Waals surface area contributed by atoms with Gasteiger partial charge in [-0.25, -0.2) is 0 Å². The molecular formula is C69H124O6. The largest absolute Gasteiger partial charge is 0.462 e. The summed E-state index contributed by atoms with van der Waals surface area (Å²) in [5.41, 5.74) is 0. The minimum absolute atomic E-state index is 0.0740. The summed E-state index contributed by atoms with van der Waals surface area (Å²) in [6.45, 7) is 6.61. The third-order valence-corrected chi connectivity index (χ3v) is 14.5. The molecule has 0 radical (unpaired) electrons. The molecule has 0 saturated heterocycles. The molecule has 6 heteroatoms. The number of unbranched alkanes of at least 4 members (excludes halogenated alkanes) is 39. The van der Waals surface area contributed by atoms with Crippen LogP contribution in [0.1, 0.15) is 342 Å². The summed E-state index contributed by atoms with van der Waals surface area (Å²) in [5.74, 6) is -0.870. The van der Waals surface area contributed by atoms with E-state index in [1.165, 1.54) is 218 Å².